The maximum absolute atomic E-state index is 11.5. The molecule has 1 aromatic heterocycles. The van der Waals surface area contributed by atoms with E-state index in [0.717, 1.165) is 6.42 Å². The largest absolute Gasteiger partial charge is 0.330 e. The van der Waals surface area contributed by atoms with Gasteiger partial charge in [-0.05, 0) is 37.3 Å². The number of fused-ring (bicyclic) bond motifs is 3. The van der Waals surface area contributed by atoms with Gasteiger partial charge in [0.05, 0.1) is 16.0 Å². The van der Waals surface area contributed by atoms with Crippen molar-refractivity contribution in [1.82, 2.24) is 9.97 Å². The minimum atomic E-state index is -0.817. The summed E-state index contributed by atoms with van der Waals surface area (Å²) in [6.45, 7) is 0.483. The average molecular weight is 290 g/mol. The zero-order chi connectivity index (χ0) is 15.1. The molecule has 8 nitrogen and oxygen atoms in total. The van der Waals surface area contributed by atoms with Gasteiger partial charge in [-0.3, -0.25) is 19.7 Å². The van der Waals surface area contributed by atoms with Gasteiger partial charge in [0.25, 0.3) is 5.69 Å². The molecule has 1 aliphatic rings. The van der Waals surface area contributed by atoms with Gasteiger partial charge in [0.15, 0.2) is 0 Å². The standard InChI is InChI=1S/C13H14N4O4/c14-5-6-1-2-7-8(3-6)11-9(4-10(7)17(20)21)15-12(18)13(19)16-11/h4,6H,1-3,5,14H2,(H,15,18)(H,16,19). The normalized spacial score (nSPS) is 17.7. The highest BCUT2D eigenvalue weighted by atomic mass is 16.6. The SMILES string of the molecule is NCC1CCc2c([N+](=O)[O-])cc3[nH]c(=O)c(=O)[nH]c3c2C1. The van der Waals surface area contributed by atoms with Crippen molar-refractivity contribution in [2.45, 2.75) is 19.3 Å². The van der Waals surface area contributed by atoms with Crippen molar-refractivity contribution in [3.63, 3.8) is 0 Å². The molecule has 0 aliphatic heterocycles. The lowest BCUT2D eigenvalue weighted by Crippen LogP contribution is -2.30. The number of rotatable bonds is 2. The third-order valence-corrected chi connectivity index (χ3v) is 4.04. The molecule has 21 heavy (non-hydrogen) atoms. The second kappa shape index (κ2) is 4.81. The summed E-state index contributed by atoms with van der Waals surface area (Å²) in [7, 11) is 0. The molecule has 3 rings (SSSR count). The molecular formula is C13H14N4O4. The molecule has 1 atom stereocenters. The maximum atomic E-state index is 11.5. The monoisotopic (exact) mass is 290 g/mol. The van der Waals surface area contributed by atoms with Crippen molar-refractivity contribution < 1.29 is 4.92 Å². The number of benzene rings is 1. The van der Waals surface area contributed by atoms with Crippen LogP contribution in [0, 0.1) is 16.0 Å². The Bertz CT molecular complexity index is 852. The van der Waals surface area contributed by atoms with E-state index in [0.29, 0.717) is 36.0 Å². The summed E-state index contributed by atoms with van der Waals surface area (Å²) in [5, 5.41) is 11.2. The second-order valence-electron chi connectivity index (χ2n) is 5.29. The summed E-state index contributed by atoms with van der Waals surface area (Å²) < 4.78 is 0. The van der Waals surface area contributed by atoms with Crippen molar-refractivity contribution in [1.29, 1.82) is 0 Å². The van der Waals surface area contributed by atoms with E-state index in [2.05, 4.69) is 9.97 Å². The van der Waals surface area contributed by atoms with E-state index in [4.69, 9.17) is 5.73 Å². The van der Waals surface area contributed by atoms with Gasteiger partial charge in [0.2, 0.25) is 0 Å². The van der Waals surface area contributed by atoms with Crippen molar-refractivity contribution in [3.8, 4) is 0 Å². The number of nitrogens with two attached hydrogens (primary N) is 1. The number of H-pyrrole nitrogens is 2. The molecule has 0 radical (unpaired) electrons. The molecule has 0 saturated heterocycles. The Hall–Kier alpha value is -2.48. The number of nitro groups is 1. The summed E-state index contributed by atoms with van der Waals surface area (Å²) in [4.78, 5) is 38.7. The fraction of sp³-hybridized carbons (Fsp3) is 0.385. The quantitative estimate of drug-likeness (QED) is 0.412. The Kier molecular flexibility index (Phi) is 3.09. The van der Waals surface area contributed by atoms with Crippen LogP contribution in [0.25, 0.3) is 11.0 Å². The summed E-state index contributed by atoms with van der Waals surface area (Å²) in [5.74, 6) is 0.220. The minimum absolute atomic E-state index is 0.0179. The third-order valence-electron chi connectivity index (χ3n) is 4.04. The van der Waals surface area contributed by atoms with Gasteiger partial charge in [-0.2, -0.15) is 0 Å². The summed E-state index contributed by atoms with van der Waals surface area (Å²) in [6.07, 6.45) is 1.89. The van der Waals surface area contributed by atoms with Gasteiger partial charge in [0, 0.05) is 11.6 Å². The third kappa shape index (κ3) is 2.13. The van der Waals surface area contributed by atoms with E-state index in [1.165, 1.54) is 6.07 Å². The van der Waals surface area contributed by atoms with Crippen LogP contribution in [0.3, 0.4) is 0 Å². The van der Waals surface area contributed by atoms with Crippen molar-refractivity contribution in [3.05, 3.63) is 48.0 Å². The molecule has 110 valence electrons. The molecule has 1 heterocycles. The zero-order valence-electron chi connectivity index (χ0n) is 11.1. The summed E-state index contributed by atoms with van der Waals surface area (Å²) >= 11 is 0. The first-order chi connectivity index (χ1) is 10.0. The Morgan fingerprint density at radius 1 is 1.29 bits per heavy atom. The van der Waals surface area contributed by atoms with Crippen LogP contribution in [0.4, 0.5) is 5.69 Å². The van der Waals surface area contributed by atoms with E-state index >= 15 is 0 Å². The van der Waals surface area contributed by atoms with Crippen LogP contribution in [0.2, 0.25) is 0 Å². The number of aromatic nitrogens is 2. The van der Waals surface area contributed by atoms with E-state index in [9.17, 15) is 19.7 Å². The fourth-order valence-electron chi connectivity index (χ4n) is 2.96. The molecule has 1 aromatic carbocycles. The van der Waals surface area contributed by atoms with Gasteiger partial charge in [-0.1, -0.05) is 0 Å². The molecule has 8 heteroatoms. The molecule has 0 amide bonds. The number of aromatic amines is 2. The number of nitro benzene ring substituents is 1. The van der Waals surface area contributed by atoms with E-state index in [1.807, 2.05) is 0 Å². The number of nitrogens with one attached hydrogen (secondary N) is 2. The molecule has 0 saturated carbocycles. The number of hydrogen-bond acceptors (Lipinski definition) is 5. The predicted octanol–water partition coefficient (Wildman–Crippen LogP) is 0.188. The van der Waals surface area contributed by atoms with Crippen LogP contribution >= 0.6 is 0 Å². The molecule has 1 unspecified atom stereocenters. The topological polar surface area (TPSA) is 135 Å². The van der Waals surface area contributed by atoms with Crippen molar-refractivity contribution in [2.75, 3.05) is 6.54 Å². The lowest BCUT2D eigenvalue weighted by molar-refractivity contribution is -0.385. The summed E-state index contributed by atoms with van der Waals surface area (Å²) in [5.41, 5.74) is 6.19. The zero-order valence-corrected chi connectivity index (χ0v) is 11.1. The van der Waals surface area contributed by atoms with Gasteiger partial charge in [0.1, 0.15) is 0 Å². The minimum Gasteiger partial charge on any atom is -0.330 e. The van der Waals surface area contributed by atoms with E-state index in [-0.39, 0.29) is 17.1 Å². The Balaban J connectivity index is 2.38. The van der Waals surface area contributed by atoms with Crippen LogP contribution < -0.4 is 16.9 Å². The molecular weight excluding hydrogens is 276 g/mol. The van der Waals surface area contributed by atoms with E-state index < -0.39 is 16.0 Å². The highest BCUT2D eigenvalue weighted by Crippen LogP contribution is 2.35. The molecule has 0 bridgehead atoms. The van der Waals surface area contributed by atoms with Gasteiger partial charge in [-0.15, -0.1) is 0 Å². The van der Waals surface area contributed by atoms with Crippen molar-refractivity contribution in [2.24, 2.45) is 11.7 Å². The predicted molar refractivity (Wildman–Crippen MR) is 76.4 cm³/mol. The first-order valence-electron chi connectivity index (χ1n) is 6.66. The maximum Gasteiger partial charge on any atom is 0.314 e. The van der Waals surface area contributed by atoms with Crippen LogP contribution in [0.5, 0.6) is 0 Å². The van der Waals surface area contributed by atoms with E-state index in [1.54, 1.807) is 0 Å². The van der Waals surface area contributed by atoms with Crippen LogP contribution in [-0.2, 0) is 12.8 Å². The first-order valence-corrected chi connectivity index (χ1v) is 6.66. The Morgan fingerprint density at radius 2 is 2.00 bits per heavy atom. The molecule has 0 fully saturated rings. The highest BCUT2D eigenvalue weighted by Gasteiger charge is 2.28. The van der Waals surface area contributed by atoms with Crippen molar-refractivity contribution >= 4 is 16.7 Å². The molecule has 1 aliphatic carbocycles. The number of nitrogens with zero attached hydrogens (tertiary/aromatic N) is 1. The fourth-order valence-corrected chi connectivity index (χ4v) is 2.96. The first kappa shape index (κ1) is 13.5. The number of hydrogen-bond donors (Lipinski definition) is 3. The Morgan fingerprint density at radius 3 is 2.67 bits per heavy atom. The van der Waals surface area contributed by atoms with Gasteiger partial charge in [-0.25, -0.2) is 0 Å². The highest BCUT2D eigenvalue weighted by molar-refractivity contribution is 5.83. The van der Waals surface area contributed by atoms with Crippen LogP contribution in [-0.4, -0.2) is 21.4 Å². The Labute approximate surface area is 118 Å². The average Bonchev–Trinajstić information content (AvgIpc) is 2.47. The summed E-state index contributed by atoms with van der Waals surface area (Å²) in [6, 6.07) is 1.31. The lowest BCUT2D eigenvalue weighted by atomic mass is 9.82. The van der Waals surface area contributed by atoms with Crippen LogP contribution in [0.15, 0.2) is 15.7 Å². The van der Waals surface area contributed by atoms with Gasteiger partial charge < -0.3 is 15.7 Å². The molecule has 4 N–H and O–H groups in total. The smallest absolute Gasteiger partial charge is 0.314 e. The second-order valence-corrected chi connectivity index (χ2v) is 5.29. The van der Waals surface area contributed by atoms with Gasteiger partial charge >= 0.3 is 11.1 Å². The van der Waals surface area contributed by atoms with Crippen LogP contribution in [0.1, 0.15) is 17.5 Å². The lowest BCUT2D eigenvalue weighted by Gasteiger charge is -2.24. The molecule has 0 spiro atoms. The molecule has 2 aromatic rings.